The molecule has 3 aromatic carbocycles. The number of benzene rings is 3. The highest BCUT2D eigenvalue weighted by Gasteiger charge is 2.09. The van der Waals surface area contributed by atoms with Crippen molar-refractivity contribution in [2.45, 2.75) is 12.8 Å². The van der Waals surface area contributed by atoms with E-state index in [-0.39, 0.29) is 5.91 Å². The van der Waals surface area contributed by atoms with Crippen molar-refractivity contribution >= 4 is 22.7 Å². The van der Waals surface area contributed by atoms with Gasteiger partial charge in [0.15, 0.2) is 5.58 Å². The fourth-order valence-corrected chi connectivity index (χ4v) is 2.85. The van der Waals surface area contributed by atoms with Crippen molar-refractivity contribution in [3.63, 3.8) is 0 Å². The third kappa shape index (κ3) is 3.64. The molecule has 26 heavy (non-hydrogen) atoms. The van der Waals surface area contributed by atoms with Crippen LogP contribution in [0.25, 0.3) is 22.6 Å². The van der Waals surface area contributed by atoms with E-state index in [1.54, 1.807) is 0 Å². The van der Waals surface area contributed by atoms with Crippen molar-refractivity contribution < 1.29 is 9.21 Å². The molecule has 0 saturated carbocycles. The quantitative estimate of drug-likeness (QED) is 0.551. The number of nitrogens with zero attached hydrogens (tertiary/aromatic N) is 1. The Bertz CT molecular complexity index is 1010. The third-order valence-electron chi connectivity index (χ3n) is 4.17. The van der Waals surface area contributed by atoms with Crippen LogP contribution in [0.4, 0.5) is 5.69 Å². The smallest absolute Gasteiger partial charge is 0.227 e. The number of fused-ring (bicyclic) bond motifs is 1. The summed E-state index contributed by atoms with van der Waals surface area (Å²) in [6, 6.07) is 25.2. The first kappa shape index (κ1) is 16.1. The van der Waals surface area contributed by atoms with Crippen molar-refractivity contribution in [1.82, 2.24) is 4.98 Å². The van der Waals surface area contributed by atoms with Gasteiger partial charge in [0.1, 0.15) is 5.52 Å². The molecule has 128 valence electrons. The molecular weight excluding hydrogens is 324 g/mol. The van der Waals surface area contributed by atoms with Crippen LogP contribution in [0.1, 0.15) is 12.0 Å². The van der Waals surface area contributed by atoms with E-state index < -0.39 is 0 Å². The Hall–Kier alpha value is -3.40. The average Bonchev–Trinajstić information content (AvgIpc) is 3.12. The fraction of sp³-hybridized carbons (Fsp3) is 0.0909. The summed E-state index contributed by atoms with van der Waals surface area (Å²) in [5.74, 6) is 0.537. The highest BCUT2D eigenvalue weighted by molar-refractivity contribution is 5.91. The molecule has 1 aromatic heterocycles. The Labute approximate surface area is 151 Å². The number of para-hydroxylation sites is 2. The minimum atomic E-state index is -0.0106. The van der Waals surface area contributed by atoms with Gasteiger partial charge in [-0.3, -0.25) is 4.79 Å². The van der Waals surface area contributed by atoms with Crippen molar-refractivity contribution in [2.75, 3.05) is 5.32 Å². The van der Waals surface area contributed by atoms with Crippen LogP contribution in [-0.4, -0.2) is 10.9 Å². The van der Waals surface area contributed by atoms with E-state index >= 15 is 0 Å². The molecule has 0 bridgehead atoms. The number of carbonyl (C=O) groups is 1. The molecule has 0 spiro atoms. The molecule has 4 rings (SSSR count). The van der Waals surface area contributed by atoms with Gasteiger partial charge in [0.05, 0.1) is 0 Å². The zero-order chi connectivity index (χ0) is 17.8. The predicted octanol–water partition coefficient (Wildman–Crippen LogP) is 5.07. The number of anilines is 1. The average molecular weight is 342 g/mol. The van der Waals surface area contributed by atoms with Gasteiger partial charge in [-0.25, -0.2) is 4.98 Å². The predicted molar refractivity (Wildman–Crippen MR) is 103 cm³/mol. The van der Waals surface area contributed by atoms with Crippen molar-refractivity contribution in [2.24, 2.45) is 0 Å². The van der Waals surface area contributed by atoms with Gasteiger partial charge in [-0.1, -0.05) is 48.5 Å². The summed E-state index contributed by atoms with van der Waals surface area (Å²) in [5.41, 5.74) is 4.30. The first-order valence-electron chi connectivity index (χ1n) is 8.58. The molecule has 1 N–H and O–H groups in total. The number of oxazole rings is 1. The van der Waals surface area contributed by atoms with E-state index in [0.29, 0.717) is 12.3 Å². The van der Waals surface area contributed by atoms with Gasteiger partial charge in [0, 0.05) is 17.7 Å². The second kappa shape index (κ2) is 7.23. The Morgan fingerprint density at radius 1 is 0.923 bits per heavy atom. The monoisotopic (exact) mass is 342 g/mol. The van der Waals surface area contributed by atoms with Crippen molar-refractivity contribution in [3.8, 4) is 11.5 Å². The van der Waals surface area contributed by atoms with Crippen LogP contribution >= 0.6 is 0 Å². The Morgan fingerprint density at radius 3 is 2.58 bits per heavy atom. The number of carbonyl (C=O) groups excluding carboxylic acids is 1. The highest BCUT2D eigenvalue weighted by Crippen LogP contribution is 2.26. The topological polar surface area (TPSA) is 55.1 Å². The van der Waals surface area contributed by atoms with Crippen LogP contribution < -0.4 is 5.32 Å². The van der Waals surface area contributed by atoms with Crippen LogP contribution in [0.15, 0.2) is 83.3 Å². The van der Waals surface area contributed by atoms with E-state index in [1.165, 1.54) is 0 Å². The summed E-state index contributed by atoms with van der Waals surface area (Å²) < 4.78 is 5.80. The number of hydrogen-bond acceptors (Lipinski definition) is 3. The minimum Gasteiger partial charge on any atom is -0.436 e. The molecule has 0 atom stereocenters. The molecule has 0 aliphatic heterocycles. The molecule has 0 radical (unpaired) electrons. The third-order valence-corrected chi connectivity index (χ3v) is 4.17. The molecule has 0 aliphatic carbocycles. The number of aromatic nitrogens is 1. The lowest BCUT2D eigenvalue weighted by atomic mass is 10.1. The number of aryl methyl sites for hydroxylation is 1. The van der Waals surface area contributed by atoms with E-state index in [2.05, 4.69) is 10.3 Å². The zero-order valence-electron chi connectivity index (χ0n) is 14.2. The number of amides is 1. The zero-order valence-corrected chi connectivity index (χ0v) is 14.2. The molecular formula is C22H18N2O2. The standard InChI is InChI=1S/C22H18N2O2/c25-21(14-13-16-7-2-1-3-8-16)23-18-10-6-9-17(15-18)22-24-19-11-4-5-12-20(19)26-22/h1-12,15H,13-14H2,(H,23,25). The summed E-state index contributed by atoms with van der Waals surface area (Å²) in [6.45, 7) is 0. The van der Waals surface area contributed by atoms with Crippen LogP contribution in [0, 0.1) is 0 Å². The molecule has 0 saturated heterocycles. The summed E-state index contributed by atoms with van der Waals surface area (Å²) in [5, 5.41) is 2.95. The van der Waals surface area contributed by atoms with E-state index in [9.17, 15) is 4.79 Å². The Kier molecular flexibility index (Phi) is 4.48. The van der Waals surface area contributed by atoms with Crippen molar-refractivity contribution in [3.05, 3.63) is 84.4 Å². The van der Waals surface area contributed by atoms with E-state index in [4.69, 9.17) is 4.42 Å². The molecule has 4 aromatic rings. The lowest BCUT2D eigenvalue weighted by Crippen LogP contribution is -2.12. The number of nitrogens with one attached hydrogen (secondary N) is 1. The Morgan fingerprint density at radius 2 is 1.73 bits per heavy atom. The number of rotatable bonds is 5. The molecule has 4 heteroatoms. The van der Waals surface area contributed by atoms with Crippen LogP contribution in [0.3, 0.4) is 0 Å². The summed E-state index contributed by atoms with van der Waals surface area (Å²) in [6.07, 6.45) is 1.16. The van der Waals surface area contributed by atoms with E-state index in [0.717, 1.165) is 34.3 Å². The van der Waals surface area contributed by atoms with Gasteiger partial charge in [0.25, 0.3) is 0 Å². The maximum Gasteiger partial charge on any atom is 0.227 e. The maximum absolute atomic E-state index is 12.2. The molecule has 1 amide bonds. The first-order chi connectivity index (χ1) is 12.8. The normalized spacial score (nSPS) is 10.8. The van der Waals surface area contributed by atoms with Gasteiger partial charge >= 0.3 is 0 Å². The molecule has 0 unspecified atom stereocenters. The van der Waals surface area contributed by atoms with Crippen molar-refractivity contribution in [1.29, 1.82) is 0 Å². The van der Waals surface area contributed by atoms with Gasteiger partial charge in [-0.15, -0.1) is 0 Å². The lowest BCUT2D eigenvalue weighted by molar-refractivity contribution is -0.116. The van der Waals surface area contributed by atoms with Gasteiger partial charge in [-0.05, 0) is 42.3 Å². The molecule has 0 fully saturated rings. The lowest BCUT2D eigenvalue weighted by Gasteiger charge is -2.06. The summed E-state index contributed by atoms with van der Waals surface area (Å²) in [7, 11) is 0. The Balaban J connectivity index is 1.46. The second-order valence-corrected chi connectivity index (χ2v) is 6.10. The summed E-state index contributed by atoms with van der Waals surface area (Å²) >= 11 is 0. The van der Waals surface area contributed by atoms with E-state index in [1.807, 2.05) is 78.9 Å². The summed E-state index contributed by atoms with van der Waals surface area (Å²) in [4.78, 5) is 16.7. The molecule has 0 aliphatic rings. The van der Waals surface area contributed by atoms with Crippen LogP contribution in [0.5, 0.6) is 0 Å². The van der Waals surface area contributed by atoms with Gasteiger partial charge in [0.2, 0.25) is 11.8 Å². The molecule has 1 heterocycles. The first-order valence-corrected chi connectivity index (χ1v) is 8.58. The van der Waals surface area contributed by atoms with Crippen LogP contribution in [0.2, 0.25) is 0 Å². The van der Waals surface area contributed by atoms with Gasteiger partial charge in [-0.2, -0.15) is 0 Å². The highest BCUT2D eigenvalue weighted by atomic mass is 16.3. The molecule has 4 nitrogen and oxygen atoms in total. The van der Waals surface area contributed by atoms with Gasteiger partial charge < -0.3 is 9.73 Å². The largest absolute Gasteiger partial charge is 0.436 e. The van der Waals surface area contributed by atoms with Crippen LogP contribution in [-0.2, 0) is 11.2 Å². The fourth-order valence-electron chi connectivity index (χ4n) is 2.85. The second-order valence-electron chi connectivity index (χ2n) is 6.10. The number of hydrogen-bond donors (Lipinski definition) is 1. The maximum atomic E-state index is 12.2. The SMILES string of the molecule is O=C(CCc1ccccc1)Nc1cccc(-c2nc3ccccc3o2)c1. The minimum absolute atomic E-state index is 0.0106.